The minimum absolute atomic E-state index is 0.645. The zero-order chi connectivity index (χ0) is 13.2. The van der Waals surface area contributed by atoms with Crippen molar-refractivity contribution < 1.29 is 0 Å². The highest BCUT2D eigenvalue weighted by atomic mass is 14.9. The maximum absolute atomic E-state index is 4.69. The molecule has 19 heavy (non-hydrogen) atoms. The van der Waals surface area contributed by atoms with Crippen LogP contribution in [0.5, 0.6) is 0 Å². The molecule has 0 saturated heterocycles. The number of fused-ring (bicyclic) bond motifs is 1. The Labute approximate surface area is 117 Å². The SMILES string of the molecule is CCNC(C1CCC(C)C1)C1CCc2cccnc21. The first-order chi connectivity index (χ1) is 9.29. The van der Waals surface area contributed by atoms with Crippen LogP contribution in [0.15, 0.2) is 18.3 Å². The molecule has 2 aliphatic carbocycles. The van der Waals surface area contributed by atoms with Crippen LogP contribution in [0.3, 0.4) is 0 Å². The van der Waals surface area contributed by atoms with Gasteiger partial charge in [-0.1, -0.05) is 26.3 Å². The lowest BCUT2D eigenvalue weighted by molar-refractivity contribution is 0.304. The second kappa shape index (κ2) is 5.62. The normalized spacial score (nSPS) is 31.4. The van der Waals surface area contributed by atoms with Crippen LogP contribution in [0.2, 0.25) is 0 Å². The van der Waals surface area contributed by atoms with Crippen LogP contribution in [0.25, 0.3) is 0 Å². The van der Waals surface area contributed by atoms with Crippen LogP contribution in [-0.2, 0) is 6.42 Å². The van der Waals surface area contributed by atoms with E-state index in [1.807, 2.05) is 6.20 Å². The third-order valence-corrected chi connectivity index (χ3v) is 5.12. The molecule has 0 amide bonds. The van der Waals surface area contributed by atoms with E-state index in [-0.39, 0.29) is 0 Å². The molecule has 1 aromatic rings. The molecular formula is C17H26N2. The molecule has 1 saturated carbocycles. The number of aromatic nitrogens is 1. The van der Waals surface area contributed by atoms with E-state index in [2.05, 4.69) is 31.3 Å². The maximum Gasteiger partial charge on any atom is 0.0482 e. The Morgan fingerprint density at radius 2 is 2.26 bits per heavy atom. The van der Waals surface area contributed by atoms with Gasteiger partial charge in [-0.05, 0) is 55.7 Å². The molecule has 0 aliphatic heterocycles. The number of likely N-dealkylation sites (N-methyl/N-ethyl adjacent to an activating group) is 1. The summed E-state index contributed by atoms with van der Waals surface area (Å²) in [5.74, 6) is 2.41. The number of rotatable bonds is 4. The van der Waals surface area contributed by atoms with Crippen LogP contribution < -0.4 is 5.32 Å². The Balaban J connectivity index is 1.81. The minimum Gasteiger partial charge on any atom is -0.313 e. The Morgan fingerprint density at radius 1 is 1.37 bits per heavy atom. The van der Waals surface area contributed by atoms with Gasteiger partial charge in [0.15, 0.2) is 0 Å². The molecule has 0 spiro atoms. The van der Waals surface area contributed by atoms with Gasteiger partial charge in [-0.25, -0.2) is 0 Å². The van der Waals surface area contributed by atoms with E-state index in [1.54, 1.807) is 0 Å². The molecule has 4 unspecified atom stereocenters. The van der Waals surface area contributed by atoms with Gasteiger partial charge in [0.25, 0.3) is 0 Å². The fourth-order valence-corrected chi connectivity index (χ4v) is 4.24. The van der Waals surface area contributed by atoms with Gasteiger partial charge in [0.1, 0.15) is 0 Å². The highest BCUT2D eigenvalue weighted by Gasteiger charge is 2.37. The molecule has 2 aliphatic rings. The summed E-state index contributed by atoms with van der Waals surface area (Å²) in [5.41, 5.74) is 2.87. The summed E-state index contributed by atoms with van der Waals surface area (Å²) >= 11 is 0. The van der Waals surface area contributed by atoms with Crippen LogP contribution in [-0.4, -0.2) is 17.6 Å². The van der Waals surface area contributed by atoms with Crippen molar-refractivity contribution >= 4 is 0 Å². The number of hydrogen-bond acceptors (Lipinski definition) is 2. The third-order valence-electron chi connectivity index (χ3n) is 5.12. The van der Waals surface area contributed by atoms with Crippen LogP contribution in [0.4, 0.5) is 0 Å². The summed E-state index contributed by atoms with van der Waals surface area (Å²) in [6, 6.07) is 5.00. The van der Waals surface area contributed by atoms with Gasteiger partial charge in [0.2, 0.25) is 0 Å². The van der Waals surface area contributed by atoms with Crippen molar-refractivity contribution in [1.82, 2.24) is 10.3 Å². The number of aryl methyl sites for hydroxylation is 1. The number of hydrogen-bond donors (Lipinski definition) is 1. The smallest absolute Gasteiger partial charge is 0.0482 e. The number of nitrogens with zero attached hydrogens (tertiary/aromatic N) is 1. The van der Waals surface area contributed by atoms with Gasteiger partial charge in [-0.2, -0.15) is 0 Å². The van der Waals surface area contributed by atoms with Gasteiger partial charge in [-0.15, -0.1) is 0 Å². The molecule has 1 heterocycles. The van der Waals surface area contributed by atoms with E-state index in [0.29, 0.717) is 12.0 Å². The van der Waals surface area contributed by atoms with Gasteiger partial charge in [0, 0.05) is 23.9 Å². The molecule has 0 bridgehead atoms. The van der Waals surface area contributed by atoms with E-state index in [0.717, 1.165) is 18.4 Å². The molecule has 104 valence electrons. The molecule has 3 rings (SSSR count). The van der Waals surface area contributed by atoms with Gasteiger partial charge in [0.05, 0.1) is 0 Å². The molecule has 2 nitrogen and oxygen atoms in total. The first-order valence-corrected chi connectivity index (χ1v) is 7.96. The molecular weight excluding hydrogens is 232 g/mol. The van der Waals surface area contributed by atoms with Gasteiger partial charge in [-0.3, -0.25) is 4.98 Å². The lowest BCUT2D eigenvalue weighted by Crippen LogP contribution is -2.40. The quantitative estimate of drug-likeness (QED) is 0.893. The zero-order valence-electron chi connectivity index (χ0n) is 12.2. The summed E-state index contributed by atoms with van der Waals surface area (Å²) in [4.78, 5) is 4.69. The average molecular weight is 258 g/mol. The summed E-state index contributed by atoms with van der Waals surface area (Å²) in [5, 5.41) is 3.79. The van der Waals surface area contributed by atoms with E-state index in [4.69, 9.17) is 4.98 Å². The first-order valence-electron chi connectivity index (χ1n) is 7.96. The third kappa shape index (κ3) is 2.55. The zero-order valence-corrected chi connectivity index (χ0v) is 12.2. The highest BCUT2D eigenvalue weighted by Crippen LogP contribution is 2.42. The summed E-state index contributed by atoms with van der Waals surface area (Å²) < 4.78 is 0. The van der Waals surface area contributed by atoms with Crippen LogP contribution >= 0.6 is 0 Å². The highest BCUT2D eigenvalue weighted by molar-refractivity contribution is 5.30. The van der Waals surface area contributed by atoms with E-state index < -0.39 is 0 Å². The number of nitrogens with one attached hydrogen (secondary N) is 1. The molecule has 0 aromatic carbocycles. The van der Waals surface area contributed by atoms with Crippen LogP contribution in [0.1, 0.15) is 56.7 Å². The van der Waals surface area contributed by atoms with Crippen molar-refractivity contribution in [2.75, 3.05) is 6.54 Å². The van der Waals surface area contributed by atoms with Gasteiger partial charge < -0.3 is 5.32 Å². The topological polar surface area (TPSA) is 24.9 Å². The predicted octanol–water partition coefficient (Wildman–Crippen LogP) is 3.53. The monoisotopic (exact) mass is 258 g/mol. The minimum atomic E-state index is 0.645. The molecule has 0 radical (unpaired) electrons. The largest absolute Gasteiger partial charge is 0.313 e. The van der Waals surface area contributed by atoms with Crippen molar-refractivity contribution in [3.8, 4) is 0 Å². The molecule has 2 heteroatoms. The average Bonchev–Trinajstić information content (AvgIpc) is 3.03. The van der Waals surface area contributed by atoms with Crippen molar-refractivity contribution in [3.05, 3.63) is 29.6 Å². The predicted molar refractivity (Wildman–Crippen MR) is 79.3 cm³/mol. The number of pyridine rings is 1. The van der Waals surface area contributed by atoms with Crippen molar-refractivity contribution in [3.63, 3.8) is 0 Å². The van der Waals surface area contributed by atoms with Crippen LogP contribution in [0, 0.1) is 11.8 Å². The Bertz CT molecular complexity index is 429. The Morgan fingerprint density at radius 3 is 3.00 bits per heavy atom. The maximum atomic E-state index is 4.69. The van der Waals surface area contributed by atoms with Crippen molar-refractivity contribution in [2.45, 2.75) is 57.9 Å². The summed E-state index contributed by atoms with van der Waals surface area (Å²) in [6.07, 6.45) is 8.69. The molecule has 4 atom stereocenters. The second-order valence-electron chi connectivity index (χ2n) is 6.45. The van der Waals surface area contributed by atoms with Crippen molar-refractivity contribution in [1.29, 1.82) is 0 Å². The lowest BCUT2D eigenvalue weighted by atomic mass is 9.84. The fourth-order valence-electron chi connectivity index (χ4n) is 4.24. The fraction of sp³-hybridized carbons (Fsp3) is 0.706. The summed E-state index contributed by atoms with van der Waals surface area (Å²) in [7, 11) is 0. The van der Waals surface area contributed by atoms with E-state index >= 15 is 0 Å². The molecule has 1 aromatic heterocycles. The standard InChI is InChI=1S/C17H26N2/c1-3-18-17(14-7-6-12(2)11-14)15-9-8-13-5-4-10-19-16(13)15/h4-5,10,12,14-15,17-18H,3,6-9,11H2,1-2H3. The second-order valence-corrected chi connectivity index (χ2v) is 6.45. The lowest BCUT2D eigenvalue weighted by Gasteiger charge is -2.30. The van der Waals surface area contributed by atoms with Gasteiger partial charge >= 0.3 is 0 Å². The molecule has 1 fully saturated rings. The Hall–Kier alpha value is -0.890. The Kier molecular flexibility index (Phi) is 3.88. The summed E-state index contributed by atoms with van der Waals surface area (Å²) in [6.45, 7) is 5.72. The van der Waals surface area contributed by atoms with E-state index in [9.17, 15) is 0 Å². The first kappa shape index (κ1) is 13.1. The van der Waals surface area contributed by atoms with Crippen molar-refractivity contribution in [2.24, 2.45) is 11.8 Å². The van der Waals surface area contributed by atoms with E-state index in [1.165, 1.54) is 43.4 Å². The molecule has 1 N–H and O–H groups in total.